The standard InChI is InChI=1S/C8H7ClFNO2.ClH/c9-5-3-1-2-4(6(5)10)7(11)8(12)13;/h1-3,7H,11H2,(H,12,13);1H. The van der Waals surface area contributed by atoms with Crippen LogP contribution in [-0.4, -0.2) is 11.1 Å². The largest absolute Gasteiger partial charge is 0.480 e. The van der Waals surface area contributed by atoms with Gasteiger partial charge in [0.15, 0.2) is 0 Å². The lowest BCUT2D eigenvalue weighted by atomic mass is 10.1. The molecule has 0 fully saturated rings. The Balaban J connectivity index is 0.00000169. The van der Waals surface area contributed by atoms with E-state index in [2.05, 4.69) is 0 Å². The normalized spacial score (nSPS) is 11.6. The van der Waals surface area contributed by atoms with E-state index >= 15 is 0 Å². The minimum Gasteiger partial charge on any atom is -0.480 e. The SMILES string of the molecule is Cl.NC(C(=O)O)c1cccc(Cl)c1F. The van der Waals surface area contributed by atoms with Gasteiger partial charge < -0.3 is 10.8 Å². The van der Waals surface area contributed by atoms with E-state index in [0.29, 0.717) is 0 Å². The molecule has 1 atom stereocenters. The smallest absolute Gasteiger partial charge is 0.325 e. The molecule has 0 aliphatic heterocycles. The van der Waals surface area contributed by atoms with Gasteiger partial charge in [0, 0.05) is 5.56 Å². The van der Waals surface area contributed by atoms with Gasteiger partial charge >= 0.3 is 5.97 Å². The number of carboxylic acids is 1. The van der Waals surface area contributed by atoms with Crippen LogP contribution in [0.3, 0.4) is 0 Å². The number of aliphatic carboxylic acids is 1. The molecule has 0 aromatic heterocycles. The Hall–Kier alpha value is -0.840. The number of carboxylic acid groups (broad SMARTS) is 1. The second kappa shape index (κ2) is 5.14. The number of halogens is 3. The Bertz CT molecular complexity index is 346. The maximum Gasteiger partial charge on any atom is 0.325 e. The summed E-state index contributed by atoms with van der Waals surface area (Å²) in [4.78, 5) is 10.4. The molecule has 14 heavy (non-hydrogen) atoms. The van der Waals surface area contributed by atoms with Crippen LogP contribution < -0.4 is 5.73 Å². The zero-order valence-electron chi connectivity index (χ0n) is 6.91. The third-order valence-corrected chi connectivity index (χ3v) is 1.87. The van der Waals surface area contributed by atoms with Crippen molar-refractivity contribution in [2.24, 2.45) is 5.73 Å². The van der Waals surface area contributed by atoms with Crippen molar-refractivity contribution in [3.05, 3.63) is 34.6 Å². The Morgan fingerprint density at radius 3 is 2.64 bits per heavy atom. The van der Waals surface area contributed by atoms with E-state index in [0.717, 1.165) is 0 Å². The van der Waals surface area contributed by atoms with Gasteiger partial charge in [0.05, 0.1) is 5.02 Å². The van der Waals surface area contributed by atoms with Gasteiger partial charge in [-0.1, -0.05) is 23.7 Å². The third-order valence-electron chi connectivity index (χ3n) is 1.58. The van der Waals surface area contributed by atoms with Gasteiger partial charge in [-0.05, 0) is 6.07 Å². The summed E-state index contributed by atoms with van der Waals surface area (Å²) in [5.74, 6) is -2.07. The molecule has 0 bridgehead atoms. The molecule has 0 saturated heterocycles. The summed E-state index contributed by atoms with van der Waals surface area (Å²) in [5, 5.41) is 8.39. The van der Waals surface area contributed by atoms with E-state index in [4.69, 9.17) is 22.4 Å². The summed E-state index contributed by atoms with van der Waals surface area (Å²) in [7, 11) is 0. The Kier molecular flexibility index (Phi) is 4.83. The molecular weight excluding hydrogens is 232 g/mol. The van der Waals surface area contributed by atoms with Crippen LogP contribution in [0.25, 0.3) is 0 Å². The number of benzene rings is 1. The fourth-order valence-corrected chi connectivity index (χ4v) is 1.08. The molecule has 3 nitrogen and oxygen atoms in total. The van der Waals surface area contributed by atoms with Crippen LogP contribution >= 0.6 is 24.0 Å². The monoisotopic (exact) mass is 239 g/mol. The highest BCUT2D eigenvalue weighted by Gasteiger charge is 2.19. The fraction of sp³-hybridized carbons (Fsp3) is 0.125. The predicted molar refractivity (Wildman–Crippen MR) is 53.2 cm³/mol. The van der Waals surface area contributed by atoms with Gasteiger partial charge in [-0.25, -0.2) is 4.39 Å². The second-order valence-corrected chi connectivity index (χ2v) is 2.87. The van der Waals surface area contributed by atoms with Crippen molar-refractivity contribution in [1.29, 1.82) is 0 Å². The Labute approximate surface area is 91.1 Å². The van der Waals surface area contributed by atoms with Gasteiger partial charge in [-0.15, -0.1) is 12.4 Å². The minimum atomic E-state index is -1.38. The lowest BCUT2D eigenvalue weighted by Gasteiger charge is -2.08. The van der Waals surface area contributed by atoms with Crippen LogP contribution in [0.2, 0.25) is 5.02 Å². The highest BCUT2D eigenvalue weighted by Crippen LogP contribution is 2.21. The van der Waals surface area contributed by atoms with Crippen LogP contribution in [0, 0.1) is 5.82 Å². The van der Waals surface area contributed by atoms with Crippen LogP contribution in [0.1, 0.15) is 11.6 Å². The third kappa shape index (κ3) is 2.57. The van der Waals surface area contributed by atoms with Crippen molar-refractivity contribution in [1.82, 2.24) is 0 Å². The fourth-order valence-electron chi connectivity index (χ4n) is 0.894. The molecule has 1 rings (SSSR count). The van der Waals surface area contributed by atoms with Gasteiger partial charge in [0.1, 0.15) is 11.9 Å². The zero-order valence-corrected chi connectivity index (χ0v) is 8.48. The molecule has 0 spiro atoms. The van der Waals surface area contributed by atoms with E-state index < -0.39 is 17.8 Å². The summed E-state index contributed by atoms with van der Waals surface area (Å²) < 4.78 is 13.1. The lowest BCUT2D eigenvalue weighted by Crippen LogP contribution is -2.21. The quantitative estimate of drug-likeness (QED) is 0.830. The molecule has 6 heteroatoms. The molecule has 0 aliphatic carbocycles. The zero-order chi connectivity index (χ0) is 10.0. The molecular formula is C8H8Cl2FNO2. The summed E-state index contributed by atoms with van der Waals surface area (Å²) in [6.07, 6.45) is 0. The molecule has 1 unspecified atom stereocenters. The summed E-state index contributed by atoms with van der Waals surface area (Å²) in [6.45, 7) is 0. The Morgan fingerprint density at radius 2 is 2.14 bits per heavy atom. The van der Waals surface area contributed by atoms with Crippen LogP contribution in [0.5, 0.6) is 0 Å². The van der Waals surface area contributed by atoms with Crippen molar-refractivity contribution < 1.29 is 14.3 Å². The van der Waals surface area contributed by atoms with E-state index in [1.54, 1.807) is 0 Å². The topological polar surface area (TPSA) is 63.3 Å². The molecule has 1 aromatic carbocycles. The van der Waals surface area contributed by atoms with E-state index in [9.17, 15) is 9.18 Å². The molecule has 0 amide bonds. The first kappa shape index (κ1) is 13.2. The van der Waals surface area contributed by atoms with Crippen molar-refractivity contribution in [3.8, 4) is 0 Å². The number of nitrogens with two attached hydrogens (primary N) is 1. The van der Waals surface area contributed by atoms with E-state index in [1.165, 1.54) is 18.2 Å². The first-order valence-electron chi connectivity index (χ1n) is 3.46. The summed E-state index contributed by atoms with van der Waals surface area (Å²) in [5.41, 5.74) is 5.10. The summed E-state index contributed by atoms with van der Waals surface area (Å²) in [6, 6.07) is 2.69. The predicted octanol–water partition coefficient (Wildman–Crippen LogP) is 1.99. The summed E-state index contributed by atoms with van der Waals surface area (Å²) >= 11 is 5.44. The molecule has 0 heterocycles. The maximum atomic E-state index is 13.1. The van der Waals surface area contributed by atoms with Gasteiger partial charge in [0.2, 0.25) is 0 Å². The van der Waals surface area contributed by atoms with E-state index in [-0.39, 0.29) is 23.0 Å². The molecule has 0 saturated carbocycles. The minimum absolute atomic E-state index is 0. The van der Waals surface area contributed by atoms with E-state index in [1.807, 2.05) is 0 Å². The molecule has 0 aliphatic rings. The highest BCUT2D eigenvalue weighted by molar-refractivity contribution is 6.30. The number of rotatable bonds is 2. The lowest BCUT2D eigenvalue weighted by molar-refractivity contribution is -0.138. The van der Waals surface area contributed by atoms with Gasteiger partial charge in [-0.3, -0.25) is 4.79 Å². The second-order valence-electron chi connectivity index (χ2n) is 2.46. The molecule has 78 valence electrons. The molecule has 3 N–H and O–H groups in total. The van der Waals surface area contributed by atoms with Gasteiger partial charge in [0.25, 0.3) is 0 Å². The van der Waals surface area contributed by atoms with Crippen molar-refractivity contribution in [2.45, 2.75) is 6.04 Å². The molecule has 1 aromatic rings. The van der Waals surface area contributed by atoms with Crippen molar-refractivity contribution >= 4 is 30.0 Å². The molecule has 0 radical (unpaired) electrons. The van der Waals surface area contributed by atoms with Crippen molar-refractivity contribution in [2.75, 3.05) is 0 Å². The number of carbonyl (C=O) groups is 1. The number of hydrogen-bond donors (Lipinski definition) is 2. The highest BCUT2D eigenvalue weighted by atomic mass is 35.5. The average molecular weight is 240 g/mol. The first-order valence-corrected chi connectivity index (χ1v) is 3.84. The van der Waals surface area contributed by atoms with Crippen LogP contribution in [0.15, 0.2) is 18.2 Å². The average Bonchev–Trinajstić information content (AvgIpc) is 2.08. The Morgan fingerprint density at radius 1 is 1.57 bits per heavy atom. The maximum absolute atomic E-state index is 13.1. The van der Waals surface area contributed by atoms with Gasteiger partial charge in [-0.2, -0.15) is 0 Å². The van der Waals surface area contributed by atoms with Crippen LogP contribution in [-0.2, 0) is 4.79 Å². The van der Waals surface area contributed by atoms with Crippen molar-refractivity contribution in [3.63, 3.8) is 0 Å². The van der Waals surface area contributed by atoms with Crippen LogP contribution in [0.4, 0.5) is 4.39 Å². The first-order chi connectivity index (χ1) is 6.04. The number of hydrogen-bond acceptors (Lipinski definition) is 2.